The van der Waals surface area contributed by atoms with Crippen LogP contribution in [0.1, 0.15) is 84.1 Å². The van der Waals surface area contributed by atoms with Crippen LogP contribution in [0, 0.1) is 5.92 Å². The molecule has 0 fully saturated rings. The fourth-order valence-corrected chi connectivity index (χ4v) is 3.56. The number of hydrogen-bond acceptors (Lipinski definition) is 3. The number of ether oxygens (including phenoxy) is 1. The quantitative estimate of drug-likeness (QED) is 0.282. The van der Waals surface area contributed by atoms with Crippen LogP contribution in [0.25, 0.3) is 11.4 Å². The summed E-state index contributed by atoms with van der Waals surface area (Å²) < 4.78 is 19.3. The number of halogens is 1. The van der Waals surface area contributed by atoms with E-state index in [0.29, 0.717) is 23.9 Å². The fourth-order valence-electron chi connectivity index (χ4n) is 3.56. The first-order chi connectivity index (χ1) is 14.6. The Labute approximate surface area is 182 Å². The van der Waals surface area contributed by atoms with Gasteiger partial charge in [0.1, 0.15) is 18.5 Å². The predicted octanol–water partition coefficient (Wildman–Crippen LogP) is 7.59. The lowest BCUT2D eigenvalue weighted by atomic mass is 10.1. The summed E-state index contributed by atoms with van der Waals surface area (Å²) in [7, 11) is 0. The molecular formula is C26H39FN2O. The molecule has 1 unspecified atom stereocenters. The van der Waals surface area contributed by atoms with Crippen molar-refractivity contribution in [1.29, 1.82) is 0 Å². The van der Waals surface area contributed by atoms with Crippen molar-refractivity contribution in [3.05, 3.63) is 42.2 Å². The summed E-state index contributed by atoms with van der Waals surface area (Å²) in [5.41, 5.74) is 2.14. The number of rotatable bonds is 15. The molecule has 2 aromatic rings. The lowest BCUT2D eigenvalue weighted by Crippen LogP contribution is -2.15. The number of aromatic nitrogens is 2. The molecule has 2 rings (SSSR count). The molecular weight excluding hydrogens is 375 g/mol. The normalized spacial score (nSPS) is 12.3. The highest BCUT2D eigenvalue weighted by Crippen LogP contribution is 2.20. The van der Waals surface area contributed by atoms with Gasteiger partial charge in [-0.05, 0) is 55.0 Å². The SMILES string of the molecule is CCCCCCCCCCc1cnc(-c2ccc(OCC(F)CC(C)C)cc2)nc1. The van der Waals surface area contributed by atoms with Crippen molar-refractivity contribution in [2.24, 2.45) is 5.92 Å². The largest absolute Gasteiger partial charge is 0.491 e. The second-order valence-electron chi connectivity index (χ2n) is 8.70. The van der Waals surface area contributed by atoms with E-state index in [1.165, 1.54) is 56.9 Å². The molecule has 0 saturated carbocycles. The smallest absolute Gasteiger partial charge is 0.159 e. The zero-order valence-electron chi connectivity index (χ0n) is 19.1. The monoisotopic (exact) mass is 414 g/mol. The Morgan fingerprint density at radius 2 is 1.47 bits per heavy atom. The van der Waals surface area contributed by atoms with Crippen LogP contribution < -0.4 is 4.74 Å². The summed E-state index contributed by atoms with van der Waals surface area (Å²) >= 11 is 0. The molecule has 0 aliphatic heterocycles. The molecule has 1 atom stereocenters. The Morgan fingerprint density at radius 1 is 0.867 bits per heavy atom. The van der Waals surface area contributed by atoms with E-state index in [2.05, 4.69) is 16.9 Å². The molecule has 166 valence electrons. The summed E-state index contributed by atoms with van der Waals surface area (Å²) in [5.74, 6) is 1.72. The van der Waals surface area contributed by atoms with Gasteiger partial charge in [-0.25, -0.2) is 14.4 Å². The standard InChI is InChI=1S/C26H39FN2O/c1-4-5-6-7-8-9-10-11-12-22-18-28-26(29-19-22)23-13-15-25(16-14-23)30-20-24(27)17-21(2)3/h13-16,18-19,21,24H,4-12,17,20H2,1-3H3. The first-order valence-electron chi connectivity index (χ1n) is 11.8. The van der Waals surface area contributed by atoms with E-state index in [1.54, 1.807) is 0 Å². The number of unbranched alkanes of at least 4 members (excludes halogenated alkanes) is 7. The molecule has 0 aliphatic carbocycles. The summed E-state index contributed by atoms with van der Waals surface area (Å²) in [6, 6.07) is 7.57. The van der Waals surface area contributed by atoms with Crippen LogP contribution in [0.2, 0.25) is 0 Å². The third kappa shape index (κ3) is 9.69. The summed E-state index contributed by atoms with van der Waals surface area (Å²) in [6.45, 7) is 6.39. The summed E-state index contributed by atoms with van der Waals surface area (Å²) in [4.78, 5) is 9.04. The topological polar surface area (TPSA) is 35.0 Å². The molecule has 4 heteroatoms. The lowest BCUT2D eigenvalue weighted by Gasteiger charge is -2.12. The number of aryl methyl sites for hydroxylation is 1. The van der Waals surface area contributed by atoms with Gasteiger partial charge in [-0.2, -0.15) is 0 Å². The minimum absolute atomic E-state index is 0.0987. The van der Waals surface area contributed by atoms with Gasteiger partial charge in [0, 0.05) is 18.0 Å². The second-order valence-corrected chi connectivity index (χ2v) is 8.70. The molecule has 0 aliphatic rings. The van der Waals surface area contributed by atoms with Crippen molar-refractivity contribution in [2.45, 2.75) is 91.2 Å². The molecule has 0 saturated heterocycles. The number of alkyl halides is 1. The van der Waals surface area contributed by atoms with Gasteiger partial charge in [-0.3, -0.25) is 0 Å². The molecule has 0 N–H and O–H groups in total. The van der Waals surface area contributed by atoms with Crippen LogP contribution in [0.4, 0.5) is 4.39 Å². The molecule has 30 heavy (non-hydrogen) atoms. The van der Waals surface area contributed by atoms with Gasteiger partial charge < -0.3 is 4.74 Å². The number of benzene rings is 1. The molecule has 0 amide bonds. The Balaban J connectivity index is 1.71. The Kier molecular flexibility index (Phi) is 11.4. The number of nitrogens with zero attached hydrogens (tertiary/aromatic N) is 2. The van der Waals surface area contributed by atoms with E-state index in [-0.39, 0.29) is 6.61 Å². The maximum atomic E-state index is 13.8. The Morgan fingerprint density at radius 3 is 2.07 bits per heavy atom. The van der Waals surface area contributed by atoms with Gasteiger partial charge in [0.15, 0.2) is 5.82 Å². The number of hydrogen-bond donors (Lipinski definition) is 0. The summed E-state index contributed by atoms with van der Waals surface area (Å²) in [5, 5.41) is 0. The van der Waals surface area contributed by atoms with Gasteiger partial charge in [0.25, 0.3) is 0 Å². The fraction of sp³-hybridized carbons (Fsp3) is 0.615. The molecule has 3 nitrogen and oxygen atoms in total. The maximum absolute atomic E-state index is 13.8. The summed E-state index contributed by atoms with van der Waals surface area (Å²) in [6.07, 6.45) is 15.1. The van der Waals surface area contributed by atoms with Crippen molar-refractivity contribution in [2.75, 3.05) is 6.61 Å². The van der Waals surface area contributed by atoms with Crippen LogP contribution in [0.3, 0.4) is 0 Å². The maximum Gasteiger partial charge on any atom is 0.159 e. The van der Waals surface area contributed by atoms with Crippen LogP contribution in [-0.4, -0.2) is 22.7 Å². The van der Waals surface area contributed by atoms with Crippen LogP contribution in [0.15, 0.2) is 36.7 Å². The van der Waals surface area contributed by atoms with E-state index in [4.69, 9.17) is 4.74 Å². The van der Waals surface area contributed by atoms with Crippen molar-refractivity contribution in [3.8, 4) is 17.1 Å². The van der Waals surface area contributed by atoms with Gasteiger partial charge in [-0.1, -0.05) is 65.7 Å². The molecule has 0 spiro atoms. The lowest BCUT2D eigenvalue weighted by molar-refractivity contribution is 0.174. The van der Waals surface area contributed by atoms with Crippen molar-refractivity contribution in [1.82, 2.24) is 9.97 Å². The first kappa shape index (κ1) is 24.3. The van der Waals surface area contributed by atoms with Gasteiger partial charge in [-0.15, -0.1) is 0 Å². The molecule has 0 radical (unpaired) electrons. The van der Waals surface area contributed by atoms with Crippen LogP contribution in [-0.2, 0) is 6.42 Å². The minimum Gasteiger partial charge on any atom is -0.491 e. The van der Waals surface area contributed by atoms with E-state index in [1.807, 2.05) is 50.5 Å². The minimum atomic E-state index is -0.929. The Bertz CT molecular complexity index is 685. The highest BCUT2D eigenvalue weighted by molar-refractivity contribution is 5.55. The predicted molar refractivity (Wildman–Crippen MR) is 124 cm³/mol. The van der Waals surface area contributed by atoms with Crippen LogP contribution in [0.5, 0.6) is 5.75 Å². The highest BCUT2D eigenvalue weighted by atomic mass is 19.1. The average molecular weight is 415 g/mol. The molecule has 1 aromatic carbocycles. The highest BCUT2D eigenvalue weighted by Gasteiger charge is 2.10. The van der Waals surface area contributed by atoms with Gasteiger partial charge >= 0.3 is 0 Å². The van der Waals surface area contributed by atoms with Crippen molar-refractivity contribution in [3.63, 3.8) is 0 Å². The first-order valence-corrected chi connectivity index (χ1v) is 11.8. The van der Waals surface area contributed by atoms with Gasteiger partial charge in [0.05, 0.1) is 0 Å². The van der Waals surface area contributed by atoms with E-state index < -0.39 is 6.17 Å². The zero-order chi connectivity index (χ0) is 21.6. The van der Waals surface area contributed by atoms with E-state index >= 15 is 0 Å². The van der Waals surface area contributed by atoms with E-state index in [9.17, 15) is 4.39 Å². The zero-order valence-corrected chi connectivity index (χ0v) is 19.1. The molecule has 1 heterocycles. The second kappa shape index (κ2) is 14.1. The average Bonchev–Trinajstić information content (AvgIpc) is 2.74. The van der Waals surface area contributed by atoms with Crippen molar-refractivity contribution < 1.29 is 9.13 Å². The Hall–Kier alpha value is -1.97. The van der Waals surface area contributed by atoms with Gasteiger partial charge in [0.2, 0.25) is 0 Å². The molecule has 1 aromatic heterocycles. The molecule has 0 bridgehead atoms. The third-order valence-electron chi connectivity index (χ3n) is 5.29. The third-order valence-corrected chi connectivity index (χ3v) is 5.29. The van der Waals surface area contributed by atoms with Crippen molar-refractivity contribution >= 4 is 0 Å². The van der Waals surface area contributed by atoms with Crippen LogP contribution >= 0.6 is 0 Å². The van der Waals surface area contributed by atoms with E-state index in [0.717, 1.165) is 12.0 Å².